The summed E-state index contributed by atoms with van der Waals surface area (Å²) in [5.41, 5.74) is 14.3. The summed E-state index contributed by atoms with van der Waals surface area (Å²) >= 11 is 0. The first-order chi connectivity index (χ1) is 28.8. The van der Waals surface area contributed by atoms with E-state index < -0.39 is 0 Å². The summed E-state index contributed by atoms with van der Waals surface area (Å²) in [5, 5.41) is 7.00. The van der Waals surface area contributed by atoms with E-state index in [2.05, 4.69) is 229 Å². The minimum atomic E-state index is 0.854. The van der Waals surface area contributed by atoms with Gasteiger partial charge in [-0.3, -0.25) is 0 Å². The number of anilines is 3. The van der Waals surface area contributed by atoms with Crippen molar-refractivity contribution in [2.75, 3.05) is 4.90 Å². The molecule has 11 rings (SSSR count). The van der Waals surface area contributed by atoms with Gasteiger partial charge in [-0.25, -0.2) is 0 Å². The molecule has 0 saturated heterocycles. The van der Waals surface area contributed by atoms with Crippen LogP contribution in [0.1, 0.15) is 0 Å². The van der Waals surface area contributed by atoms with Crippen LogP contribution in [0.4, 0.5) is 17.1 Å². The van der Waals surface area contributed by atoms with Crippen LogP contribution in [-0.4, -0.2) is 0 Å². The molecule has 0 aliphatic carbocycles. The summed E-state index contributed by atoms with van der Waals surface area (Å²) in [7, 11) is 0. The van der Waals surface area contributed by atoms with E-state index in [9.17, 15) is 0 Å². The average Bonchev–Trinajstić information content (AvgIpc) is 3.69. The molecule has 2 nitrogen and oxygen atoms in total. The zero-order chi connectivity index (χ0) is 38.4. The van der Waals surface area contributed by atoms with Gasteiger partial charge in [-0.1, -0.05) is 188 Å². The van der Waals surface area contributed by atoms with E-state index in [-0.39, 0.29) is 0 Å². The molecule has 0 bridgehead atoms. The van der Waals surface area contributed by atoms with Crippen LogP contribution in [0, 0.1) is 0 Å². The van der Waals surface area contributed by atoms with Crippen molar-refractivity contribution in [3.05, 3.63) is 224 Å². The highest BCUT2D eigenvalue weighted by Gasteiger charge is 2.23. The third-order valence-electron chi connectivity index (χ3n) is 11.5. The van der Waals surface area contributed by atoms with E-state index >= 15 is 0 Å². The molecule has 58 heavy (non-hydrogen) atoms. The number of benzene rings is 10. The molecule has 272 valence electrons. The number of hydrogen-bond donors (Lipinski definition) is 0. The molecular weight excluding hydrogens is 703 g/mol. The van der Waals surface area contributed by atoms with E-state index in [1.54, 1.807) is 0 Å². The Bertz CT molecular complexity index is 3220. The second-order valence-corrected chi connectivity index (χ2v) is 14.9. The molecule has 1 aromatic heterocycles. The molecule has 0 atom stereocenters. The fourth-order valence-electron chi connectivity index (χ4n) is 8.62. The van der Waals surface area contributed by atoms with Crippen LogP contribution in [-0.2, 0) is 0 Å². The van der Waals surface area contributed by atoms with Crippen LogP contribution >= 0.6 is 0 Å². The highest BCUT2D eigenvalue weighted by Crippen LogP contribution is 2.48. The summed E-state index contributed by atoms with van der Waals surface area (Å²) in [4.78, 5) is 2.38. The Balaban J connectivity index is 1.12. The number of rotatable bonds is 7. The first kappa shape index (κ1) is 33.6. The van der Waals surface area contributed by atoms with Crippen molar-refractivity contribution in [2.24, 2.45) is 0 Å². The lowest BCUT2D eigenvalue weighted by atomic mass is 9.94. The zero-order valence-electron chi connectivity index (χ0n) is 31.7. The van der Waals surface area contributed by atoms with Gasteiger partial charge in [0.25, 0.3) is 0 Å². The Kier molecular flexibility index (Phi) is 8.19. The van der Waals surface area contributed by atoms with Gasteiger partial charge in [0.15, 0.2) is 0 Å². The fourth-order valence-corrected chi connectivity index (χ4v) is 8.62. The Morgan fingerprint density at radius 2 is 0.672 bits per heavy atom. The van der Waals surface area contributed by atoms with Crippen molar-refractivity contribution >= 4 is 60.5 Å². The Hall–Kier alpha value is -7.68. The van der Waals surface area contributed by atoms with Crippen molar-refractivity contribution < 1.29 is 4.42 Å². The maximum absolute atomic E-state index is 7.00. The fraction of sp³-hybridized carbons (Fsp3) is 0. The SMILES string of the molecule is c1ccc(-c2ccc(-c3ccc(N(c4ccc(-c5ccccc5)cc4)c4cc5oc6c7ccccc7c7ccccc7c6c5cc4-c4ccccc4)cc3)cc2)cc1. The van der Waals surface area contributed by atoms with Gasteiger partial charge in [-0.15, -0.1) is 0 Å². The van der Waals surface area contributed by atoms with Crippen molar-refractivity contribution in [3.8, 4) is 44.5 Å². The topological polar surface area (TPSA) is 16.4 Å². The van der Waals surface area contributed by atoms with Crippen molar-refractivity contribution in [1.29, 1.82) is 0 Å². The smallest absolute Gasteiger partial charge is 0.143 e. The zero-order valence-corrected chi connectivity index (χ0v) is 31.7. The molecular formula is C56H37NO. The van der Waals surface area contributed by atoms with Crippen LogP contribution in [0.25, 0.3) is 88.0 Å². The summed E-state index contributed by atoms with van der Waals surface area (Å²) in [6.07, 6.45) is 0. The van der Waals surface area contributed by atoms with Crippen LogP contribution in [0.3, 0.4) is 0 Å². The molecule has 0 radical (unpaired) electrons. The first-order valence-electron chi connectivity index (χ1n) is 19.8. The number of hydrogen-bond acceptors (Lipinski definition) is 2. The quantitative estimate of drug-likeness (QED) is 0.151. The lowest BCUT2D eigenvalue weighted by Gasteiger charge is -2.28. The van der Waals surface area contributed by atoms with E-state index in [1.165, 1.54) is 44.0 Å². The van der Waals surface area contributed by atoms with Crippen molar-refractivity contribution in [1.82, 2.24) is 0 Å². The second kappa shape index (κ2) is 14.1. The second-order valence-electron chi connectivity index (χ2n) is 14.9. The maximum Gasteiger partial charge on any atom is 0.143 e. The van der Waals surface area contributed by atoms with Crippen LogP contribution in [0.5, 0.6) is 0 Å². The summed E-state index contributed by atoms with van der Waals surface area (Å²) < 4.78 is 7.00. The molecule has 1 heterocycles. The van der Waals surface area contributed by atoms with Gasteiger partial charge >= 0.3 is 0 Å². The van der Waals surface area contributed by atoms with Crippen LogP contribution in [0.2, 0.25) is 0 Å². The van der Waals surface area contributed by atoms with Crippen LogP contribution < -0.4 is 4.90 Å². The molecule has 2 heteroatoms. The molecule has 0 aliphatic heterocycles. The molecule has 0 amide bonds. The highest BCUT2D eigenvalue weighted by molar-refractivity contribution is 6.30. The molecule has 11 aromatic rings. The Morgan fingerprint density at radius 1 is 0.293 bits per heavy atom. The van der Waals surface area contributed by atoms with E-state index in [0.29, 0.717) is 0 Å². The summed E-state index contributed by atoms with van der Waals surface area (Å²) in [6, 6.07) is 80.5. The Labute approximate surface area is 337 Å². The molecule has 0 aliphatic rings. The normalized spacial score (nSPS) is 11.4. The lowest BCUT2D eigenvalue weighted by Crippen LogP contribution is -2.11. The third-order valence-corrected chi connectivity index (χ3v) is 11.5. The van der Waals surface area contributed by atoms with Gasteiger partial charge in [0.2, 0.25) is 0 Å². The molecule has 0 spiro atoms. The van der Waals surface area contributed by atoms with Crippen LogP contribution in [0.15, 0.2) is 229 Å². The molecule has 0 saturated carbocycles. The summed E-state index contributed by atoms with van der Waals surface area (Å²) in [5.74, 6) is 0. The predicted molar refractivity (Wildman–Crippen MR) is 245 cm³/mol. The van der Waals surface area contributed by atoms with E-state index in [1.807, 2.05) is 0 Å². The van der Waals surface area contributed by atoms with Crippen molar-refractivity contribution in [2.45, 2.75) is 0 Å². The minimum Gasteiger partial charge on any atom is -0.455 e. The molecule has 0 unspecified atom stereocenters. The van der Waals surface area contributed by atoms with E-state index in [4.69, 9.17) is 4.42 Å². The van der Waals surface area contributed by atoms with Gasteiger partial charge in [-0.2, -0.15) is 0 Å². The van der Waals surface area contributed by atoms with Gasteiger partial charge in [0.05, 0.1) is 5.69 Å². The van der Waals surface area contributed by atoms with Gasteiger partial charge in [-0.05, 0) is 85.4 Å². The molecule has 10 aromatic carbocycles. The monoisotopic (exact) mass is 739 g/mol. The lowest BCUT2D eigenvalue weighted by molar-refractivity contribution is 0.673. The largest absolute Gasteiger partial charge is 0.455 e. The summed E-state index contributed by atoms with van der Waals surface area (Å²) in [6.45, 7) is 0. The predicted octanol–water partition coefficient (Wildman–Crippen LogP) is 16.0. The average molecular weight is 740 g/mol. The minimum absolute atomic E-state index is 0.854. The number of furan rings is 1. The maximum atomic E-state index is 7.00. The standard InChI is InChI=1S/C56H37NO/c1-4-14-38(15-5-1)40-24-26-41(27-25-40)43-30-34-46(35-31-43)57(45-32-28-42(29-33-45)39-16-6-2-7-17-39)53-37-54-52(36-51(53)44-18-8-3-9-19-44)55-49-22-12-10-20-47(49)48-21-11-13-23-50(48)56(55)58-54/h1-37H. The number of nitrogens with zero attached hydrogens (tertiary/aromatic N) is 1. The molecule has 0 fully saturated rings. The van der Waals surface area contributed by atoms with E-state index in [0.717, 1.165) is 61.1 Å². The van der Waals surface area contributed by atoms with Gasteiger partial charge in [0, 0.05) is 39.2 Å². The first-order valence-corrected chi connectivity index (χ1v) is 19.8. The number of fused-ring (bicyclic) bond motifs is 8. The van der Waals surface area contributed by atoms with Gasteiger partial charge < -0.3 is 9.32 Å². The Morgan fingerprint density at radius 3 is 1.17 bits per heavy atom. The third kappa shape index (κ3) is 5.82. The molecule has 0 N–H and O–H groups in total. The van der Waals surface area contributed by atoms with Crippen molar-refractivity contribution in [3.63, 3.8) is 0 Å². The van der Waals surface area contributed by atoms with Gasteiger partial charge in [0.1, 0.15) is 11.2 Å². The highest BCUT2D eigenvalue weighted by atomic mass is 16.3.